The molecule has 21 heavy (non-hydrogen) atoms. The zero-order chi connectivity index (χ0) is 15.0. The molecule has 1 aromatic heterocycles. The second-order valence-corrected chi connectivity index (χ2v) is 5.84. The van der Waals surface area contributed by atoms with Crippen LogP contribution < -0.4 is 16.0 Å². The highest BCUT2D eigenvalue weighted by atomic mass is 16.5. The predicted molar refractivity (Wildman–Crippen MR) is 80.5 cm³/mol. The van der Waals surface area contributed by atoms with Gasteiger partial charge in [-0.2, -0.15) is 5.10 Å². The van der Waals surface area contributed by atoms with Gasteiger partial charge in [0.25, 0.3) is 0 Å². The number of carbonyl (C=O) groups is 1. The number of rotatable bonds is 4. The fourth-order valence-corrected chi connectivity index (χ4v) is 2.92. The molecule has 3 N–H and O–H groups in total. The van der Waals surface area contributed by atoms with Crippen LogP contribution in [0.1, 0.15) is 36.2 Å². The first-order valence-corrected chi connectivity index (χ1v) is 7.55. The largest absolute Gasteiger partial charge is 0.465 e. The summed E-state index contributed by atoms with van der Waals surface area (Å²) in [6.07, 6.45) is 2.41. The molecule has 7 nitrogen and oxygen atoms in total. The molecule has 1 aliphatic heterocycles. The molecular formula is C14H23N5O2. The lowest BCUT2D eigenvalue weighted by atomic mass is 10.2. The minimum atomic E-state index is -0.407. The molecular weight excluding hydrogens is 270 g/mol. The monoisotopic (exact) mass is 293 g/mol. The molecule has 0 amide bonds. The maximum Gasteiger partial charge on any atom is 0.345 e. The molecule has 0 aromatic carbocycles. The maximum atomic E-state index is 12.1. The summed E-state index contributed by atoms with van der Waals surface area (Å²) in [5, 5.41) is 7.95. The van der Waals surface area contributed by atoms with E-state index in [2.05, 4.69) is 22.2 Å². The van der Waals surface area contributed by atoms with Gasteiger partial charge in [0, 0.05) is 26.2 Å². The van der Waals surface area contributed by atoms with Gasteiger partial charge >= 0.3 is 5.97 Å². The van der Waals surface area contributed by atoms with E-state index in [-0.39, 0.29) is 6.04 Å². The van der Waals surface area contributed by atoms with E-state index in [1.807, 2.05) is 0 Å². The molecule has 1 unspecified atom stereocenters. The lowest BCUT2D eigenvalue weighted by Crippen LogP contribution is -2.44. The average Bonchev–Trinajstić information content (AvgIpc) is 3.30. The molecule has 7 heteroatoms. The van der Waals surface area contributed by atoms with Gasteiger partial charge in [-0.25, -0.2) is 9.48 Å². The van der Waals surface area contributed by atoms with E-state index < -0.39 is 5.97 Å². The van der Waals surface area contributed by atoms with Crippen molar-refractivity contribution in [3.05, 3.63) is 5.56 Å². The summed E-state index contributed by atoms with van der Waals surface area (Å²) in [5.74, 6) is 1.30. The van der Waals surface area contributed by atoms with Gasteiger partial charge in [0.2, 0.25) is 0 Å². The van der Waals surface area contributed by atoms with E-state index in [0.29, 0.717) is 23.1 Å². The Morgan fingerprint density at radius 1 is 1.43 bits per heavy atom. The Balaban J connectivity index is 1.99. The first-order valence-electron chi connectivity index (χ1n) is 7.55. The number of nitrogens with one attached hydrogen (secondary N) is 1. The number of piperazine rings is 1. The van der Waals surface area contributed by atoms with Gasteiger partial charge in [-0.05, 0) is 25.7 Å². The van der Waals surface area contributed by atoms with Crippen LogP contribution in [0.15, 0.2) is 0 Å². The fourth-order valence-electron chi connectivity index (χ4n) is 2.92. The summed E-state index contributed by atoms with van der Waals surface area (Å²) in [7, 11) is 1.38. The van der Waals surface area contributed by atoms with Crippen LogP contribution in [0, 0.1) is 5.92 Å². The number of nitrogen functional groups attached to an aromatic ring is 1. The summed E-state index contributed by atoms with van der Waals surface area (Å²) < 4.78 is 6.71. The number of nitrogens with two attached hydrogens (primary N) is 1. The fraction of sp³-hybridized carbons (Fsp3) is 0.714. The van der Waals surface area contributed by atoms with E-state index in [1.165, 1.54) is 20.0 Å². The summed E-state index contributed by atoms with van der Waals surface area (Å²) in [4.78, 5) is 14.2. The van der Waals surface area contributed by atoms with Gasteiger partial charge in [-0.3, -0.25) is 0 Å². The third-order valence-corrected chi connectivity index (χ3v) is 4.43. The lowest BCUT2D eigenvalue weighted by molar-refractivity contribution is 0.0602. The van der Waals surface area contributed by atoms with Crippen molar-refractivity contribution in [2.24, 2.45) is 5.92 Å². The standard InChI is InChI=1S/C14H23N5O2/c1-9(10-3-4-10)19-12(15)11(14(20)21-2)13(17-19)18-7-5-16-6-8-18/h9-10,16H,3-8,15H2,1-2H3. The summed E-state index contributed by atoms with van der Waals surface area (Å²) in [6.45, 7) is 5.51. The van der Waals surface area contributed by atoms with Gasteiger partial charge < -0.3 is 20.7 Å². The number of hydrogen-bond acceptors (Lipinski definition) is 6. The van der Waals surface area contributed by atoms with Crippen LogP contribution in [0.4, 0.5) is 11.6 Å². The quantitative estimate of drug-likeness (QED) is 0.792. The van der Waals surface area contributed by atoms with E-state index in [0.717, 1.165) is 26.2 Å². The van der Waals surface area contributed by atoms with Gasteiger partial charge in [-0.1, -0.05) is 0 Å². The molecule has 3 rings (SSSR count). The van der Waals surface area contributed by atoms with Crippen LogP contribution >= 0.6 is 0 Å². The maximum absolute atomic E-state index is 12.1. The van der Waals surface area contributed by atoms with Crippen molar-refractivity contribution in [3.63, 3.8) is 0 Å². The Morgan fingerprint density at radius 3 is 2.67 bits per heavy atom. The van der Waals surface area contributed by atoms with Gasteiger partial charge in [-0.15, -0.1) is 0 Å². The number of carbonyl (C=O) groups excluding carboxylic acids is 1. The molecule has 0 radical (unpaired) electrons. The molecule has 0 spiro atoms. The molecule has 116 valence electrons. The van der Waals surface area contributed by atoms with E-state index in [9.17, 15) is 4.79 Å². The van der Waals surface area contributed by atoms with Crippen molar-refractivity contribution in [2.75, 3.05) is 43.9 Å². The summed E-state index contributed by atoms with van der Waals surface area (Å²) >= 11 is 0. The second-order valence-electron chi connectivity index (χ2n) is 5.84. The zero-order valence-electron chi connectivity index (χ0n) is 12.6. The highest BCUT2D eigenvalue weighted by Crippen LogP contribution is 2.41. The lowest BCUT2D eigenvalue weighted by Gasteiger charge is -2.27. The number of hydrogen-bond donors (Lipinski definition) is 2. The molecule has 2 fully saturated rings. The Labute approximate surface area is 124 Å². The molecule has 1 aromatic rings. The normalized spacial score (nSPS) is 20.4. The summed E-state index contributed by atoms with van der Waals surface area (Å²) in [5.41, 5.74) is 6.62. The van der Waals surface area contributed by atoms with Crippen molar-refractivity contribution < 1.29 is 9.53 Å². The number of methoxy groups -OCH3 is 1. The van der Waals surface area contributed by atoms with Crippen molar-refractivity contribution in [1.29, 1.82) is 0 Å². The first-order chi connectivity index (χ1) is 10.1. The Kier molecular flexibility index (Phi) is 3.75. The molecule has 2 aliphatic rings. The molecule has 0 bridgehead atoms. The van der Waals surface area contributed by atoms with E-state index in [1.54, 1.807) is 4.68 Å². The molecule has 1 aliphatic carbocycles. The van der Waals surface area contributed by atoms with Crippen molar-refractivity contribution in [1.82, 2.24) is 15.1 Å². The smallest absolute Gasteiger partial charge is 0.345 e. The van der Waals surface area contributed by atoms with Crippen molar-refractivity contribution in [3.8, 4) is 0 Å². The molecule has 1 saturated carbocycles. The van der Waals surface area contributed by atoms with Crippen LogP contribution in [-0.2, 0) is 4.74 Å². The third kappa shape index (κ3) is 2.57. The van der Waals surface area contributed by atoms with Crippen molar-refractivity contribution >= 4 is 17.6 Å². The Morgan fingerprint density at radius 2 is 2.10 bits per heavy atom. The minimum absolute atomic E-state index is 0.227. The topological polar surface area (TPSA) is 85.4 Å². The van der Waals surface area contributed by atoms with Crippen LogP contribution in [0.5, 0.6) is 0 Å². The summed E-state index contributed by atoms with van der Waals surface area (Å²) in [6, 6.07) is 0.227. The number of anilines is 2. The van der Waals surface area contributed by atoms with Crippen LogP contribution in [-0.4, -0.2) is 49.0 Å². The highest BCUT2D eigenvalue weighted by molar-refractivity contribution is 5.99. The number of nitrogens with zero attached hydrogens (tertiary/aromatic N) is 3. The van der Waals surface area contributed by atoms with Crippen LogP contribution in [0.3, 0.4) is 0 Å². The highest BCUT2D eigenvalue weighted by Gasteiger charge is 2.34. The van der Waals surface area contributed by atoms with Crippen LogP contribution in [0.25, 0.3) is 0 Å². The second kappa shape index (κ2) is 5.55. The number of ether oxygens (including phenoxy) is 1. The zero-order valence-corrected chi connectivity index (χ0v) is 12.6. The Hall–Kier alpha value is -1.76. The number of esters is 1. The van der Waals surface area contributed by atoms with Crippen molar-refractivity contribution in [2.45, 2.75) is 25.8 Å². The van der Waals surface area contributed by atoms with Crippen LogP contribution in [0.2, 0.25) is 0 Å². The SMILES string of the molecule is COC(=O)c1c(N2CCNCC2)nn(C(C)C2CC2)c1N. The predicted octanol–water partition coefficient (Wildman–Crippen LogP) is 0.633. The van der Waals surface area contributed by atoms with Gasteiger partial charge in [0.15, 0.2) is 5.82 Å². The number of aromatic nitrogens is 2. The first kappa shape index (κ1) is 14.2. The minimum Gasteiger partial charge on any atom is -0.465 e. The Bertz CT molecular complexity index is 532. The molecule has 1 saturated heterocycles. The van der Waals surface area contributed by atoms with Gasteiger partial charge in [0.05, 0.1) is 13.2 Å². The molecule has 1 atom stereocenters. The van der Waals surface area contributed by atoms with E-state index in [4.69, 9.17) is 10.5 Å². The van der Waals surface area contributed by atoms with E-state index >= 15 is 0 Å². The third-order valence-electron chi connectivity index (χ3n) is 4.43. The van der Waals surface area contributed by atoms with Gasteiger partial charge in [0.1, 0.15) is 11.4 Å². The average molecular weight is 293 g/mol. The molecule has 2 heterocycles.